The van der Waals surface area contributed by atoms with E-state index >= 15 is 0 Å². The van der Waals surface area contributed by atoms with Crippen LogP contribution in [0.3, 0.4) is 0 Å². The molecule has 2 atom stereocenters. The highest BCUT2D eigenvalue weighted by molar-refractivity contribution is 7.08. The summed E-state index contributed by atoms with van der Waals surface area (Å²) in [5.41, 5.74) is 1.81. The van der Waals surface area contributed by atoms with Gasteiger partial charge in [0.15, 0.2) is 0 Å². The lowest BCUT2D eigenvalue weighted by molar-refractivity contribution is -0.139. The molecule has 0 radical (unpaired) electrons. The molecule has 1 aromatic rings. The predicted octanol–water partition coefficient (Wildman–Crippen LogP) is 1.72. The molecule has 2 rings (SSSR count). The first-order valence-corrected chi connectivity index (χ1v) is 5.60. The number of hydrogen-bond donors (Lipinski definition) is 2. The van der Waals surface area contributed by atoms with E-state index in [0.717, 1.165) is 11.3 Å². The normalized spacial score (nSPS) is 23.5. The zero-order valence-corrected chi connectivity index (χ0v) is 9.00. The Morgan fingerprint density at radius 1 is 1.47 bits per heavy atom. The first kappa shape index (κ1) is 10.2. The summed E-state index contributed by atoms with van der Waals surface area (Å²) in [6.07, 6.45) is 0.463. The number of thiophene rings is 1. The van der Waals surface area contributed by atoms with Crippen LogP contribution in [0.1, 0.15) is 12.0 Å². The minimum atomic E-state index is -0.878. The SMILES string of the molecule is Cc1cscc1NC(=O)C1CC1C(=O)O. The first-order chi connectivity index (χ1) is 7.09. The Labute approximate surface area is 90.9 Å². The molecule has 1 aliphatic rings. The van der Waals surface area contributed by atoms with E-state index in [9.17, 15) is 9.59 Å². The Hall–Kier alpha value is -1.36. The van der Waals surface area contributed by atoms with E-state index in [0.29, 0.717) is 6.42 Å². The molecule has 1 saturated carbocycles. The molecule has 2 N–H and O–H groups in total. The molecule has 1 aromatic heterocycles. The van der Waals surface area contributed by atoms with E-state index in [1.54, 1.807) is 0 Å². The standard InChI is InChI=1S/C10H11NO3S/c1-5-3-15-4-8(5)11-9(12)6-2-7(6)10(13)14/h3-4,6-7H,2H2,1H3,(H,11,12)(H,13,14). The second-order valence-corrected chi connectivity index (χ2v) is 4.49. The average Bonchev–Trinajstić information content (AvgIpc) is 2.88. The molecule has 0 aromatic carbocycles. The van der Waals surface area contributed by atoms with E-state index in [2.05, 4.69) is 5.32 Å². The summed E-state index contributed by atoms with van der Waals surface area (Å²) in [6.45, 7) is 1.91. The van der Waals surface area contributed by atoms with E-state index in [1.165, 1.54) is 11.3 Å². The maximum absolute atomic E-state index is 11.6. The second-order valence-electron chi connectivity index (χ2n) is 3.74. The monoisotopic (exact) mass is 225 g/mol. The number of amides is 1. The number of nitrogens with one attached hydrogen (secondary N) is 1. The van der Waals surface area contributed by atoms with Gasteiger partial charge in [0.05, 0.1) is 17.5 Å². The summed E-state index contributed by atoms with van der Waals surface area (Å²) in [5, 5.41) is 15.2. The molecular weight excluding hydrogens is 214 g/mol. The fourth-order valence-corrected chi connectivity index (χ4v) is 2.25. The number of carboxylic acids is 1. The number of aliphatic carboxylic acids is 1. The Morgan fingerprint density at radius 2 is 2.20 bits per heavy atom. The Bertz CT molecular complexity index is 413. The van der Waals surface area contributed by atoms with Gasteiger partial charge in [-0.15, -0.1) is 11.3 Å². The molecular formula is C10H11NO3S. The molecule has 0 spiro atoms. The number of hydrogen-bond acceptors (Lipinski definition) is 3. The van der Waals surface area contributed by atoms with E-state index < -0.39 is 11.9 Å². The molecule has 1 fully saturated rings. The summed E-state index contributed by atoms with van der Waals surface area (Å²) in [6, 6.07) is 0. The first-order valence-electron chi connectivity index (χ1n) is 4.66. The predicted molar refractivity (Wildman–Crippen MR) is 56.9 cm³/mol. The van der Waals surface area contributed by atoms with E-state index in [1.807, 2.05) is 17.7 Å². The molecule has 4 nitrogen and oxygen atoms in total. The molecule has 5 heteroatoms. The van der Waals surface area contributed by atoms with Crippen LogP contribution in [0.25, 0.3) is 0 Å². The zero-order valence-electron chi connectivity index (χ0n) is 8.19. The zero-order chi connectivity index (χ0) is 11.0. The van der Waals surface area contributed by atoms with Crippen LogP contribution in [0.2, 0.25) is 0 Å². The molecule has 2 unspecified atom stereocenters. The van der Waals surface area contributed by atoms with Crippen LogP contribution in [0.15, 0.2) is 10.8 Å². The van der Waals surface area contributed by atoms with Crippen molar-refractivity contribution in [1.29, 1.82) is 0 Å². The van der Waals surface area contributed by atoms with Crippen molar-refractivity contribution in [3.8, 4) is 0 Å². The number of carboxylic acid groups (broad SMARTS) is 1. The van der Waals surface area contributed by atoms with Gasteiger partial charge in [0.1, 0.15) is 0 Å². The molecule has 80 valence electrons. The smallest absolute Gasteiger partial charge is 0.307 e. The van der Waals surface area contributed by atoms with Crippen LogP contribution in [0.5, 0.6) is 0 Å². The summed E-state index contributed by atoms with van der Waals surface area (Å²) in [4.78, 5) is 22.1. The van der Waals surface area contributed by atoms with Crippen molar-refractivity contribution in [2.24, 2.45) is 11.8 Å². The average molecular weight is 225 g/mol. The molecule has 0 bridgehead atoms. The molecule has 0 aliphatic heterocycles. The summed E-state index contributed by atoms with van der Waals surface area (Å²) in [5.74, 6) is -1.88. The number of anilines is 1. The molecule has 1 heterocycles. The lowest BCUT2D eigenvalue weighted by atomic mass is 10.2. The Kier molecular flexibility index (Phi) is 2.48. The number of carbonyl (C=O) groups excluding carboxylic acids is 1. The minimum absolute atomic E-state index is 0.177. The lowest BCUT2D eigenvalue weighted by Crippen LogP contribution is -2.16. The van der Waals surface area contributed by atoms with Crippen molar-refractivity contribution < 1.29 is 14.7 Å². The van der Waals surface area contributed by atoms with Crippen LogP contribution in [0.4, 0.5) is 5.69 Å². The van der Waals surface area contributed by atoms with Gasteiger partial charge < -0.3 is 10.4 Å². The highest BCUT2D eigenvalue weighted by Gasteiger charge is 2.48. The van der Waals surface area contributed by atoms with Gasteiger partial charge >= 0.3 is 5.97 Å². The fraction of sp³-hybridized carbons (Fsp3) is 0.400. The van der Waals surface area contributed by atoms with E-state index in [-0.39, 0.29) is 11.8 Å². The molecule has 1 aliphatic carbocycles. The third-order valence-corrected chi connectivity index (χ3v) is 3.42. The molecule has 0 saturated heterocycles. The van der Waals surface area contributed by atoms with Gasteiger partial charge in [-0.3, -0.25) is 9.59 Å². The fourth-order valence-electron chi connectivity index (χ4n) is 1.47. The van der Waals surface area contributed by atoms with Crippen LogP contribution in [0, 0.1) is 18.8 Å². The third-order valence-electron chi connectivity index (χ3n) is 2.56. The van der Waals surface area contributed by atoms with Crippen molar-refractivity contribution in [2.45, 2.75) is 13.3 Å². The maximum Gasteiger partial charge on any atom is 0.307 e. The van der Waals surface area contributed by atoms with Crippen molar-refractivity contribution in [1.82, 2.24) is 0 Å². The third kappa shape index (κ3) is 2.02. The second kappa shape index (κ2) is 3.66. The quantitative estimate of drug-likeness (QED) is 0.823. The Morgan fingerprint density at radius 3 is 2.67 bits per heavy atom. The van der Waals surface area contributed by atoms with Crippen LogP contribution in [-0.2, 0) is 9.59 Å². The number of carbonyl (C=O) groups is 2. The molecule has 1 amide bonds. The van der Waals surface area contributed by atoms with Gasteiger partial charge in [-0.1, -0.05) is 0 Å². The number of aryl methyl sites for hydroxylation is 1. The number of rotatable bonds is 3. The summed E-state index contributed by atoms with van der Waals surface area (Å²) in [7, 11) is 0. The topological polar surface area (TPSA) is 66.4 Å². The minimum Gasteiger partial charge on any atom is -0.481 e. The van der Waals surface area contributed by atoms with Crippen LogP contribution < -0.4 is 5.32 Å². The Balaban J connectivity index is 1.95. The van der Waals surface area contributed by atoms with Gasteiger partial charge in [0.2, 0.25) is 5.91 Å². The highest BCUT2D eigenvalue weighted by Crippen LogP contribution is 2.39. The van der Waals surface area contributed by atoms with Crippen LogP contribution in [-0.4, -0.2) is 17.0 Å². The maximum atomic E-state index is 11.6. The van der Waals surface area contributed by atoms with Crippen molar-refractivity contribution in [3.05, 3.63) is 16.3 Å². The van der Waals surface area contributed by atoms with E-state index in [4.69, 9.17) is 5.11 Å². The highest BCUT2D eigenvalue weighted by atomic mass is 32.1. The lowest BCUT2D eigenvalue weighted by Gasteiger charge is -2.02. The van der Waals surface area contributed by atoms with Crippen molar-refractivity contribution in [3.63, 3.8) is 0 Å². The largest absolute Gasteiger partial charge is 0.481 e. The summed E-state index contributed by atoms with van der Waals surface area (Å²) < 4.78 is 0. The van der Waals surface area contributed by atoms with Crippen LogP contribution >= 0.6 is 11.3 Å². The molecule has 15 heavy (non-hydrogen) atoms. The van der Waals surface area contributed by atoms with Gasteiger partial charge in [0.25, 0.3) is 0 Å². The van der Waals surface area contributed by atoms with Gasteiger partial charge in [0, 0.05) is 5.38 Å². The van der Waals surface area contributed by atoms with Gasteiger partial charge in [-0.05, 0) is 24.3 Å². The van der Waals surface area contributed by atoms with Gasteiger partial charge in [-0.25, -0.2) is 0 Å². The summed E-state index contributed by atoms with van der Waals surface area (Å²) >= 11 is 1.52. The van der Waals surface area contributed by atoms with Crippen molar-refractivity contribution >= 4 is 28.9 Å². The van der Waals surface area contributed by atoms with Gasteiger partial charge in [-0.2, -0.15) is 0 Å². The van der Waals surface area contributed by atoms with Crippen molar-refractivity contribution in [2.75, 3.05) is 5.32 Å².